The zero-order valence-electron chi connectivity index (χ0n) is 12.3. The van der Waals surface area contributed by atoms with Crippen LogP contribution in [0, 0.1) is 4.77 Å². The minimum absolute atomic E-state index is 0.385. The first-order valence-electron chi connectivity index (χ1n) is 6.41. The number of aromatic amines is 2. The third-order valence-electron chi connectivity index (χ3n) is 3.21. The fourth-order valence-electron chi connectivity index (χ4n) is 2.19. The third-order valence-corrected chi connectivity index (χ3v) is 3.41. The second-order valence-electron chi connectivity index (χ2n) is 4.45. The highest BCUT2D eigenvalue weighted by molar-refractivity contribution is 7.71. The first kappa shape index (κ1) is 14.3. The van der Waals surface area contributed by atoms with Gasteiger partial charge in [-0.3, -0.25) is 0 Å². The molecule has 0 aliphatic rings. The maximum atomic E-state index is 5.35. The van der Waals surface area contributed by atoms with Gasteiger partial charge >= 0.3 is 0 Å². The molecule has 0 bridgehead atoms. The van der Waals surface area contributed by atoms with Crippen molar-refractivity contribution in [1.29, 1.82) is 0 Å². The number of nitrogens with zero attached hydrogens (tertiary/aromatic N) is 2. The third kappa shape index (κ3) is 2.37. The van der Waals surface area contributed by atoms with Crippen LogP contribution in [0.4, 0.5) is 0 Å². The van der Waals surface area contributed by atoms with Crippen LogP contribution < -0.4 is 14.2 Å². The highest BCUT2D eigenvalue weighted by atomic mass is 32.1. The largest absolute Gasteiger partial charge is 0.493 e. The molecule has 0 aliphatic heterocycles. The molecular formula is C14H14N4O3S. The zero-order valence-corrected chi connectivity index (χ0v) is 13.1. The van der Waals surface area contributed by atoms with Crippen LogP contribution in [0.5, 0.6) is 17.2 Å². The van der Waals surface area contributed by atoms with Crippen molar-refractivity contribution in [2.75, 3.05) is 21.3 Å². The zero-order chi connectivity index (χ0) is 15.7. The highest BCUT2D eigenvalue weighted by Crippen LogP contribution is 2.40. The van der Waals surface area contributed by atoms with Gasteiger partial charge in [0.05, 0.1) is 27.5 Å². The molecule has 22 heavy (non-hydrogen) atoms. The van der Waals surface area contributed by atoms with Crippen LogP contribution in [-0.4, -0.2) is 41.3 Å². The molecule has 2 aromatic heterocycles. The number of hydrogen-bond donors (Lipinski definition) is 2. The van der Waals surface area contributed by atoms with Crippen molar-refractivity contribution in [2.24, 2.45) is 0 Å². The van der Waals surface area contributed by atoms with Crippen molar-refractivity contribution in [1.82, 2.24) is 19.9 Å². The van der Waals surface area contributed by atoms with Crippen LogP contribution in [0.1, 0.15) is 0 Å². The summed E-state index contributed by atoms with van der Waals surface area (Å²) < 4.78 is 16.4. The Morgan fingerprint density at radius 3 is 2.27 bits per heavy atom. The first-order chi connectivity index (χ1) is 10.7. The van der Waals surface area contributed by atoms with E-state index in [9.17, 15) is 0 Å². The predicted octanol–water partition coefficient (Wildman–Crippen LogP) is 2.71. The molecule has 2 N–H and O–H groups in total. The van der Waals surface area contributed by atoms with E-state index >= 15 is 0 Å². The van der Waals surface area contributed by atoms with Crippen molar-refractivity contribution in [3.05, 3.63) is 23.1 Å². The van der Waals surface area contributed by atoms with Crippen molar-refractivity contribution in [2.45, 2.75) is 0 Å². The van der Waals surface area contributed by atoms with Crippen LogP contribution in [0.2, 0.25) is 0 Å². The van der Waals surface area contributed by atoms with Gasteiger partial charge in [-0.1, -0.05) is 0 Å². The molecule has 1 aromatic carbocycles. The molecule has 0 aliphatic carbocycles. The standard InChI is InChI=1S/C14H14N4O3S/c1-19-9-4-7(5-10(20-2)11(9)21-3)12-16-8-6-15-14(22)18-13(8)17-12/h4-6H,1-3H3,(H2,15,16,17,18,22). The number of benzene rings is 1. The molecule has 0 saturated heterocycles. The van der Waals surface area contributed by atoms with E-state index < -0.39 is 0 Å². The van der Waals surface area contributed by atoms with E-state index in [4.69, 9.17) is 26.4 Å². The Morgan fingerprint density at radius 1 is 1.00 bits per heavy atom. The Labute approximate surface area is 131 Å². The van der Waals surface area contributed by atoms with E-state index in [0.29, 0.717) is 33.5 Å². The molecule has 0 spiro atoms. The van der Waals surface area contributed by atoms with E-state index in [0.717, 1.165) is 11.1 Å². The van der Waals surface area contributed by atoms with E-state index in [1.165, 1.54) is 0 Å². The fraction of sp³-hybridized carbons (Fsp3) is 0.214. The summed E-state index contributed by atoms with van der Waals surface area (Å²) in [7, 11) is 4.70. The van der Waals surface area contributed by atoms with Gasteiger partial charge in [-0.25, -0.2) is 9.97 Å². The number of methoxy groups -OCH3 is 3. The van der Waals surface area contributed by atoms with Crippen LogP contribution in [0.3, 0.4) is 0 Å². The molecule has 114 valence electrons. The lowest BCUT2D eigenvalue weighted by Crippen LogP contribution is -1.96. The summed E-state index contributed by atoms with van der Waals surface area (Å²) in [5, 5.41) is 0. The number of fused-ring (bicyclic) bond motifs is 1. The maximum absolute atomic E-state index is 5.35. The van der Waals surface area contributed by atoms with E-state index in [1.807, 2.05) is 12.1 Å². The lowest BCUT2D eigenvalue weighted by molar-refractivity contribution is 0.324. The second kappa shape index (κ2) is 5.64. The average Bonchev–Trinajstić information content (AvgIpc) is 2.96. The van der Waals surface area contributed by atoms with Crippen LogP contribution in [0.15, 0.2) is 18.3 Å². The first-order valence-corrected chi connectivity index (χ1v) is 6.82. The van der Waals surface area contributed by atoms with Gasteiger partial charge in [-0.2, -0.15) is 0 Å². The molecule has 0 radical (unpaired) electrons. The summed E-state index contributed by atoms with van der Waals surface area (Å²) in [5.41, 5.74) is 2.20. The van der Waals surface area contributed by atoms with E-state index in [-0.39, 0.29) is 0 Å². The lowest BCUT2D eigenvalue weighted by Gasteiger charge is -2.13. The maximum Gasteiger partial charge on any atom is 0.203 e. The second-order valence-corrected chi connectivity index (χ2v) is 4.84. The van der Waals surface area contributed by atoms with Crippen molar-refractivity contribution >= 4 is 23.4 Å². The molecule has 2 heterocycles. The van der Waals surface area contributed by atoms with Crippen molar-refractivity contribution in [3.8, 4) is 28.6 Å². The molecule has 0 unspecified atom stereocenters. The number of rotatable bonds is 4. The molecule has 8 heteroatoms. The smallest absolute Gasteiger partial charge is 0.203 e. The van der Waals surface area contributed by atoms with Crippen LogP contribution in [-0.2, 0) is 0 Å². The molecular weight excluding hydrogens is 304 g/mol. The number of ether oxygens (including phenoxy) is 3. The monoisotopic (exact) mass is 318 g/mol. The summed E-state index contributed by atoms with van der Waals surface area (Å²) in [6, 6.07) is 3.64. The number of H-pyrrole nitrogens is 2. The summed E-state index contributed by atoms with van der Waals surface area (Å²) >= 11 is 5.00. The average molecular weight is 318 g/mol. The molecule has 0 saturated carbocycles. The predicted molar refractivity (Wildman–Crippen MR) is 84.2 cm³/mol. The Hall–Kier alpha value is -2.61. The van der Waals surface area contributed by atoms with Crippen molar-refractivity contribution < 1.29 is 14.2 Å². The number of hydrogen-bond acceptors (Lipinski definition) is 6. The highest BCUT2D eigenvalue weighted by Gasteiger charge is 2.16. The lowest BCUT2D eigenvalue weighted by atomic mass is 10.1. The van der Waals surface area contributed by atoms with Gasteiger partial charge in [0.15, 0.2) is 21.9 Å². The van der Waals surface area contributed by atoms with Gasteiger partial charge in [0.1, 0.15) is 11.3 Å². The Balaban J connectivity index is 2.19. The minimum Gasteiger partial charge on any atom is -0.493 e. The normalized spacial score (nSPS) is 10.7. The Kier molecular flexibility index (Phi) is 3.68. The summed E-state index contributed by atoms with van der Waals surface area (Å²) in [4.78, 5) is 14.6. The van der Waals surface area contributed by atoms with Gasteiger partial charge in [-0.15, -0.1) is 0 Å². The molecule has 0 atom stereocenters. The van der Waals surface area contributed by atoms with Crippen molar-refractivity contribution in [3.63, 3.8) is 0 Å². The quantitative estimate of drug-likeness (QED) is 0.720. The molecule has 0 amide bonds. The summed E-state index contributed by atoms with van der Waals surface area (Å²) in [5.74, 6) is 2.30. The summed E-state index contributed by atoms with van der Waals surface area (Å²) in [6.07, 6.45) is 1.64. The van der Waals surface area contributed by atoms with Gasteiger partial charge in [0.25, 0.3) is 0 Å². The Bertz CT molecular complexity index is 862. The summed E-state index contributed by atoms with van der Waals surface area (Å²) in [6.45, 7) is 0. The topological polar surface area (TPSA) is 85.1 Å². The molecule has 0 fully saturated rings. The Morgan fingerprint density at radius 2 is 1.68 bits per heavy atom. The fourth-order valence-corrected chi connectivity index (χ4v) is 2.34. The number of imidazole rings is 1. The number of nitrogens with one attached hydrogen (secondary N) is 2. The van der Waals surface area contributed by atoms with Gasteiger partial charge in [0.2, 0.25) is 5.75 Å². The van der Waals surface area contributed by atoms with E-state index in [1.54, 1.807) is 27.5 Å². The molecule has 7 nitrogen and oxygen atoms in total. The molecule has 3 aromatic rings. The number of aromatic nitrogens is 4. The SMILES string of the molecule is COc1cc(-c2nc3[nH]c(=S)ncc3[nH]2)cc(OC)c1OC. The van der Waals surface area contributed by atoms with Gasteiger partial charge < -0.3 is 24.2 Å². The van der Waals surface area contributed by atoms with Crippen LogP contribution >= 0.6 is 12.2 Å². The van der Waals surface area contributed by atoms with Gasteiger partial charge in [-0.05, 0) is 24.4 Å². The van der Waals surface area contributed by atoms with E-state index in [2.05, 4.69) is 19.9 Å². The molecule has 3 rings (SSSR count). The minimum atomic E-state index is 0.385. The van der Waals surface area contributed by atoms with Crippen LogP contribution in [0.25, 0.3) is 22.6 Å². The van der Waals surface area contributed by atoms with Gasteiger partial charge in [0, 0.05) is 5.56 Å².